The summed E-state index contributed by atoms with van der Waals surface area (Å²) in [6.07, 6.45) is 0. The van der Waals surface area contributed by atoms with Crippen LogP contribution in [0, 0.1) is 0 Å². The number of primary amides is 1. The van der Waals surface area contributed by atoms with Gasteiger partial charge in [-0.05, 0) is 12.1 Å². The number of anilines is 2. The van der Waals surface area contributed by atoms with Gasteiger partial charge in [-0.15, -0.1) is 10.2 Å². The predicted octanol–water partition coefficient (Wildman–Crippen LogP) is 1.38. The van der Waals surface area contributed by atoms with E-state index in [0.717, 1.165) is 17.0 Å². The minimum Gasteiger partial charge on any atom is -0.363 e. The summed E-state index contributed by atoms with van der Waals surface area (Å²) in [5, 5.41) is 11.2. The summed E-state index contributed by atoms with van der Waals surface area (Å²) < 4.78 is 0. The van der Waals surface area contributed by atoms with Gasteiger partial charge < -0.3 is 11.1 Å². The molecule has 0 aliphatic carbocycles. The van der Waals surface area contributed by atoms with Crippen LogP contribution in [-0.2, 0) is 0 Å². The van der Waals surface area contributed by atoms with Crippen LogP contribution in [0.4, 0.5) is 10.8 Å². The van der Waals surface area contributed by atoms with Gasteiger partial charge in [0, 0.05) is 5.69 Å². The van der Waals surface area contributed by atoms with Crippen molar-refractivity contribution < 1.29 is 4.79 Å². The minimum atomic E-state index is -0.561. The Kier molecular flexibility index (Phi) is 2.59. The van der Waals surface area contributed by atoms with Gasteiger partial charge in [0.25, 0.3) is 5.91 Å². The van der Waals surface area contributed by atoms with Crippen molar-refractivity contribution in [2.45, 2.75) is 0 Å². The Hall–Kier alpha value is -1.95. The molecule has 0 fully saturated rings. The molecule has 6 heteroatoms. The van der Waals surface area contributed by atoms with E-state index in [1.807, 2.05) is 30.3 Å². The largest absolute Gasteiger partial charge is 0.363 e. The van der Waals surface area contributed by atoms with E-state index in [1.54, 1.807) is 0 Å². The summed E-state index contributed by atoms with van der Waals surface area (Å²) in [4.78, 5) is 10.8. The molecule has 5 nitrogen and oxygen atoms in total. The first-order valence-electron chi connectivity index (χ1n) is 4.21. The van der Waals surface area contributed by atoms with Crippen molar-refractivity contribution in [3.63, 3.8) is 0 Å². The first kappa shape index (κ1) is 9.60. The van der Waals surface area contributed by atoms with E-state index in [0.29, 0.717) is 5.13 Å². The fraction of sp³-hybridized carbons (Fsp3) is 0. The molecule has 15 heavy (non-hydrogen) atoms. The first-order chi connectivity index (χ1) is 7.25. The quantitative estimate of drug-likeness (QED) is 0.818. The predicted molar refractivity (Wildman–Crippen MR) is 58.2 cm³/mol. The van der Waals surface area contributed by atoms with Crippen molar-refractivity contribution in [3.05, 3.63) is 35.3 Å². The van der Waals surface area contributed by atoms with Crippen LogP contribution < -0.4 is 11.1 Å². The molecule has 2 aromatic rings. The van der Waals surface area contributed by atoms with Crippen LogP contribution in [0.2, 0.25) is 0 Å². The summed E-state index contributed by atoms with van der Waals surface area (Å²) in [6.45, 7) is 0. The number of carbonyl (C=O) groups excluding carboxylic acids is 1. The maximum atomic E-state index is 10.8. The molecular formula is C9H8N4OS. The van der Waals surface area contributed by atoms with Gasteiger partial charge in [0.15, 0.2) is 0 Å². The van der Waals surface area contributed by atoms with Crippen LogP contribution >= 0.6 is 11.3 Å². The van der Waals surface area contributed by atoms with Gasteiger partial charge in [0.1, 0.15) is 0 Å². The highest BCUT2D eigenvalue weighted by atomic mass is 32.1. The maximum Gasteiger partial charge on any atom is 0.279 e. The smallest absolute Gasteiger partial charge is 0.279 e. The number of hydrogen-bond donors (Lipinski definition) is 2. The lowest BCUT2D eigenvalue weighted by atomic mass is 10.3. The average molecular weight is 220 g/mol. The Morgan fingerprint density at radius 3 is 2.60 bits per heavy atom. The maximum absolute atomic E-state index is 10.8. The van der Waals surface area contributed by atoms with Crippen molar-refractivity contribution in [1.82, 2.24) is 10.2 Å². The molecule has 0 atom stereocenters. The molecule has 1 amide bonds. The van der Waals surface area contributed by atoms with E-state index in [4.69, 9.17) is 5.73 Å². The Morgan fingerprint density at radius 2 is 2.00 bits per heavy atom. The Bertz CT molecular complexity index is 468. The van der Waals surface area contributed by atoms with Crippen molar-refractivity contribution in [2.24, 2.45) is 5.73 Å². The number of hydrogen-bond acceptors (Lipinski definition) is 5. The van der Waals surface area contributed by atoms with E-state index in [1.165, 1.54) is 0 Å². The van der Waals surface area contributed by atoms with Crippen LogP contribution in [0.5, 0.6) is 0 Å². The number of nitrogens with zero attached hydrogens (tertiary/aromatic N) is 2. The standard InChI is InChI=1S/C9H8N4OS/c10-7(14)8-12-13-9(15-8)11-6-4-2-1-3-5-6/h1-5H,(H2,10,14)(H,11,13). The third-order valence-electron chi connectivity index (χ3n) is 1.66. The third-order valence-corrected chi connectivity index (χ3v) is 2.51. The topological polar surface area (TPSA) is 80.9 Å². The van der Waals surface area contributed by atoms with E-state index >= 15 is 0 Å². The number of rotatable bonds is 3. The number of carbonyl (C=O) groups is 1. The van der Waals surface area contributed by atoms with Crippen LogP contribution in [0.3, 0.4) is 0 Å². The Morgan fingerprint density at radius 1 is 1.27 bits per heavy atom. The molecular weight excluding hydrogens is 212 g/mol. The zero-order valence-corrected chi connectivity index (χ0v) is 8.49. The highest BCUT2D eigenvalue weighted by molar-refractivity contribution is 7.17. The minimum absolute atomic E-state index is 0.202. The second-order valence-electron chi connectivity index (χ2n) is 2.77. The average Bonchev–Trinajstić information content (AvgIpc) is 2.68. The van der Waals surface area contributed by atoms with E-state index < -0.39 is 5.91 Å². The van der Waals surface area contributed by atoms with Gasteiger partial charge in [-0.3, -0.25) is 4.79 Å². The van der Waals surface area contributed by atoms with Gasteiger partial charge in [0.05, 0.1) is 0 Å². The second kappa shape index (κ2) is 4.05. The first-order valence-corrected chi connectivity index (χ1v) is 5.03. The Labute approximate surface area is 90.0 Å². The lowest BCUT2D eigenvalue weighted by Gasteiger charge is -1.99. The summed E-state index contributed by atoms with van der Waals surface area (Å²) in [5.74, 6) is -0.561. The zero-order valence-electron chi connectivity index (χ0n) is 7.68. The Balaban J connectivity index is 2.15. The third kappa shape index (κ3) is 2.29. The molecule has 3 N–H and O–H groups in total. The number of nitrogens with two attached hydrogens (primary N) is 1. The van der Waals surface area contributed by atoms with E-state index in [2.05, 4.69) is 15.5 Å². The SMILES string of the molecule is NC(=O)c1nnc(Nc2ccccc2)s1. The number of benzene rings is 1. The zero-order chi connectivity index (χ0) is 10.7. The molecule has 0 aliphatic heterocycles. The van der Waals surface area contributed by atoms with Crippen LogP contribution in [0.25, 0.3) is 0 Å². The fourth-order valence-corrected chi connectivity index (χ4v) is 1.63. The van der Waals surface area contributed by atoms with E-state index in [-0.39, 0.29) is 5.01 Å². The number of aromatic nitrogens is 2. The lowest BCUT2D eigenvalue weighted by molar-refractivity contribution is 0.0999. The summed E-state index contributed by atoms with van der Waals surface area (Å²) in [7, 11) is 0. The molecule has 0 radical (unpaired) electrons. The van der Waals surface area contributed by atoms with Gasteiger partial charge in [0.2, 0.25) is 10.1 Å². The fourth-order valence-electron chi connectivity index (χ4n) is 1.02. The van der Waals surface area contributed by atoms with Crippen LogP contribution in [-0.4, -0.2) is 16.1 Å². The molecule has 0 spiro atoms. The van der Waals surface area contributed by atoms with Gasteiger partial charge in [-0.25, -0.2) is 0 Å². The molecule has 0 unspecified atom stereocenters. The second-order valence-corrected chi connectivity index (χ2v) is 3.75. The van der Waals surface area contributed by atoms with Crippen LogP contribution in [0.15, 0.2) is 30.3 Å². The van der Waals surface area contributed by atoms with Crippen molar-refractivity contribution in [1.29, 1.82) is 0 Å². The van der Waals surface area contributed by atoms with E-state index in [9.17, 15) is 4.79 Å². The molecule has 0 bridgehead atoms. The van der Waals surface area contributed by atoms with Gasteiger partial charge >= 0.3 is 0 Å². The summed E-state index contributed by atoms with van der Waals surface area (Å²) in [6, 6.07) is 9.51. The normalized spacial score (nSPS) is 9.87. The highest BCUT2D eigenvalue weighted by Crippen LogP contribution is 2.19. The molecule has 76 valence electrons. The molecule has 1 aromatic heterocycles. The van der Waals surface area contributed by atoms with Crippen LogP contribution in [0.1, 0.15) is 9.80 Å². The van der Waals surface area contributed by atoms with Gasteiger partial charge in [-0.1, -0.05) is 29.5 Å². The molecule has 0 aliphatic rings. The molecule has 1 heterocycles. The van der Waals surface area contributed by atoms with Crippen molar-refractivity contribution in [3.8, 4) is 0 Å². The number of amides is 1. The molecule has 0 saturated heterocycles. The summed E-state index contributed by atoms with van der Waals surface area (Å²) >= 11 is 1.13. The number of para-hydroxylation sites is 1. The lowest BCUT2D eigenvalue weighted by Crippen LogP contribution is -2.10. The summed E-state index contributed by atoms with van der Waals surface area (Å²) in [5.41, 5.74) is 5.95. The molecule has 1 aromatic carbocycles. The molecule has 0 saturated carbocycles. The van der Waals surface area contributed by atoms with Crippen molar-refractivity contribution >= 4 is 28.1 Å². The monoisotopic (exact) mass is 220 g/mol. The number of nitrogens with one attached hydrogen (secondary N) is 1. The van der Waals surface area contributed by atoms with Gasteiger partial charge in [-0.2, -0.15) is 0 Å². The molecule has 2 rings (SSSR count). The highest BCUT2D eigenvalue weighted by Gasteiger charge is 2.08. The van der Waals surface area contributed by atoms with Crippen molar-refractivity contribution in [2.75, 3.05) is 5.32 Å².